The minimum atomic E-state index is -0.343. The molecular weight excluding hydrogens is 302 g/mol. The minimum absolute atomic E-state index is 0.219. The number of anilines is 2. The number of carbonyl (C=O) groups excluding carboxylic acids is 1. The molecule has 2 N–H and O–H groups in total. The van der Waals surface area contributed by atoms with E-state index in [0.29, 0.717) is 12.2 Å². The number of para-hydroxylation sites is 1. The number of hydrogen-bond acceptors (Lipinski definition) is 5. The lowest BCUT2D eigenvalue weighted by atomic mass is 10.0. The van der Waals surface area contributed by atoms with E-state index in [9.17, 15) is 4.79 Å². The lowest BCUT2D eigenvalue weighted by Crippen LogP contribution is -2.43. The van der Waals surface area contributed by atoms with Gasteiger partial charge in [0.1, 0.15) is 11.8 Å². The number of esters is 1. The Labute approximate surface area is 141 Å². The Morgan fingerprint density at radius 2 is 1.88 bits per heavy atom. The Morgan fingerprint density at radius 1 is 1.08 bits per heavy atom. The highest BCUT2D eigenvalue weighted by atomic mass is 16.5. The number of hydrogen-bond donors (Lipinski definition) is 2. The summed E-state index contributed by atoms with van der Waals surface area (Å²) in [6.45, 7) is 3.93. The van der Waals surface area contributed by atoms with Crippen LogP contribution in [-0.2, 0) is 11.2 Å². The maximum absolute atomic E-state index is 12.3. The average molecular weight is 323 g/mol. The Hall–Kier alpha value is -2.53. The molecule has 24 heavy (non-hydrogen) atoms. The van der Waals surface area contributed by atoms with Gasteiger partial charge in [0.25, 0.3) is 0 Å². The number of fused-ring (bicyclic) bond motifs is 1. The molecule has 4 rings (SSSR count). The molecule has 0 bridgehead atoms. The van der Waals surface area contributed by atoms with Crippen LogP contribution < -0.4 is 20.3 Å². The first kappa shape index (κ1) is 15.0. The Bertz CT molecular complexity index is 727. The van der Waals surface area contributed by atoms with Crippen molar-refractivity contribution in [2.24, 2.45) is 0 Å². The summed E-state index contributed by atoms with van der Waals surface area (Å²) in [4.78, 5) is 14.7. The third kappa shape index (κ3) is 3.08. The molecule has 5 heteroatoms. The summed E-state index contributed by atoms with van der Waals surface area (Å²) in [5.74, 6) is 0.478. The van der Waals surface area contributed by atoms with Crippen molar-refractivity contribution in [2.45, 2.75) is 12.5 Å². The normalized spacial score (nSPS) is 20.2. The van der Waals surface area contributed by atoms with Gasteiger partial charge in [0, 0.05) is 50.0 Å². The molecule has 0 aromatic heterocycles. The van der Waals surface area contributed by atoms with Crippen molar-refractivity contribution in [3.8, 4) is 5.75 Å². The minimum Gasteiger partial charge on any atom is -0.425 e. The van der Waals surface area contributed by atoms with Crippen LogP contribution in [0.3, 0.4) is 0 Å². The molecule has 2 aromatic rings. The molecule has 1 unspecified atom stereocenters. The predicted molar refractivity (Wildman–Crippen MR) is 94.7 cm³/mol. The van der Waals surface area contributed by atoms with Gasteiger partial charge in [-0.05, 0) is 23.8 Å². The van der Waals surface area contributed by atoms with Gasteiger partial charge < -0.3 is 20.3 Å². The maximum atomic E-state index is 12.3. The van der Waals surface area contributed by atoms with Crippen molar-refractivity contribution in [3.05, 3.63) is 54.1 Å². The Morgan fingerprint density at radius 3 is 2.67 bits per heavy atom. The summed E-state index contributed by atoms with van der Waals surface area (Å²) in [5, 5.41) is 6.60. The van der Waals surface area contributed by atoms with E-state index in [4.69, 9.17) is 4.74 Å². The molecule has 1 atom stereocenters. The fourth-order valence-corrected chi connectivity index (χ4v) is 3.25. The quantitative estimate of drug-likeness (QED) is 0.669. The van der Waals surface area contributed by atoms with Crippen molar-refractivity contribution in [1.29, 1.82) is 0 Å². The van der Waals surface area contributed by atoms with Gasteiger partial charge in [-0.25, -0.2) is 4.79 Å². The molecule has 5 nitrogen and oxygen atoms in total. The third-order valence-corrected chi connectivity index (χ3v) is 4.57. The molecule has 2 aliphatic rings. The molecule has 0 amide bonds. The summed E-state index contributed by atoms with van der Waals surface area (Å²) in [6, 6.07) is 15.6. The van der Waals surface area contributed by atoms with E-state index in [1.807, 2.05) is 36.4 Å². The number of ether oxygens (including phenoxy) is 1. The standard InChI is InChI=1S/C19H21N3O2/c23-19-17(21-15-4-2-1-3-5-15)12-14-6-7-16(13-18(14)24-19)22-10-8-20-9-11-22/h1-7,13,17,20-21H,8-12H2. The molecule has 124 valence electrons. The van der Waals surface area contributed by atoms with Crippen LogP contribution in [0.2, 0.25) is 0 Å². The summed E-state index contributed by atoms with van der Waals surface area (Å²) >= 11 is 0. The zero-order valence-electron chi connectivity index (χ0n) is 13.5. The zero-order valence-corrected chi connectivity index (χ0v) is 13.5. The summed E-state index contributed by atoms with van der Waals surface area (Å²) in [5.41, 5.74) is 3.12. The van der Waals surface area contributed by atoms with Crippen LogP contribution in [-0.4, -0.2) is 38.2 Å². The highest BCUT2D eigenvalue weighted by molar-refractivity contribution is 5.84. The highest BCUT2D eigenvalue weighted by Gasteiger charge is 2.29. The number of nitrogens with one attached hydrogen (secondary N) is 2. The van der Waals surface area contributed by atoms with Crippen molar-refractivity contribution in [3.63, 3.8) is 0 Å². The molecule has 2 aromatic carbocycles. The van der Waals surface area contributed by atoms with E-state index in [-0.39, 0.29) is 12.0 Å². The zero-order chi connectivity index (χ0) is 16.4. The number of piperazine rings is 1. The largest absolute Gasteiger partial charge is 0.425 e. The van der Waals surface area contributed by atoms with Crippen molar-refractivity contribution >= 4 is 17.3 Å². The van der Waals surface area contributed by atoms with Crippen LogP contribution in [0, 0.1) is 0 Å². The lowest BCUT2D eigenvalue weighted by molar-refractivity contribution is -0.136. The van der Waals surface area contributed by atoms with Crippen LogP contribution in [0.1, 0.15) is 5.56 Å². The predicted octanol–water partition coefficient (Wildman–Crippen LogP) is 2.04. The second-order valence-corrected chi connectivity index (χ2v) is 6.22. The maximum Gasteiger partial charge on any atom is 0.334 e. The van der Waals surface area contributed by atoms with Gasteiger partial charge in [-0.3, -0.25) is 0 Å². The fourth-order valence-electron chi connectivity index (χ4n) is 3.25. The van der Waals surface area contributed by atoms with E-state index in [1.165, 1.54) is 0 Å². The van der Waals surface area contributed by atoms with Gasteiger partial charge in [0.2, 0.25) is 0 Å². The van der Waals surface area contributed by atoms with Crippen molar-refractivity contribution in [1.82, 2.24) is 5.32 Å². The fraction of sp³-hybridized carbons (Fsp3) is 0.316. The van der Waals surface area contributed by atoms with E-state index in [0.717, 1.165) is 43.1 Å². The summed E-state index contributed by atoms with van der Waals surface area (Å²) < 4.78 is 5.60. The van der Waals surface area contributed by atoms with Crippen LogP contribution in [0.5, 0.6) is 5.75 Å². The van der Waals surface area contributed by atoms with E-state index in [1.54, 1.807) is 0 Å². The van der Waals surface area contributed by atoms with Crippen LogP contribution in [0.15, 0.2) is 48.5 Å². The third-order valence-electron chi connectivity index (χ3n) is 4.57. The van der Waals surface area contributed by atoms with E-state index >= 15 is 0 Å². The number of carbonyl (C=O) groups is 1. The first-order valence-electron chi connectivity index (χ1n) is 8.41. The van der Waals surface area contributed by atoms with E-state index in [2.05, 4.69) is 27.7 Å². The Kier molecular flexibility index (Phi) is 4.09. The lowest BCUT2D eigenvalue weighted by Gasteiger charge is -2.31. The van der Waals surface area contributed by atoms with Gasteiger partial charge >= 0.3 is 5.97 Å². The van der Waals surface area contributed by atoms with E-state index < -0.39 is 0 Å². The van der Waals surface area contributed by atoms with Crippen LogP contribution >= 0.6 is 0 Å². The van der Waals surface area contributed by atoms with Gasteiger partial charge in [0.05, 0.1) is 0 Å². The number of rotatable bonds is 3. The van der Waals surface area contributed by atoms with Gasteiger partial charge in [0.15, 0.2) is 0 Å². The number of nitrogens with zero attached hydrogens (tertiary/aromatic N) is 1. The molecule has 1 fully saturated rings. The molecule has 0 spiro atoms. The second kappa shape index (κ2) is 6.53. The summed E-state index contributed by atoms with van der Waals surface area (Å²) in [6.07, 6.45) is 0.644. The SMILES string of the molecule is O=C1Oc2cc(N3CCNCC3)ccc2CC1Nc1ccccc1. The summed E-state index contributed by atoms with van der Waals surface area (Å²) in [7, 11) is 0. The first-order chi connectivity index (χ1) is 11.8. The molecule has 2 aliphatic heterocycles. The van der Waals surface area contributed by atoms with Crippen LogP contribution in [0.25, 0.3) is 0 Å². The smallest absolute Gasteiger partial charge is 0.334 e. The molecule has 1 saturated heterocycles. The van der Waals surface area contributed by atoms with Gasteiger partial charge in [-0.1, -0.05) is 24.3 Å². The first-order valence-corrected chi connectivity index (χ1v) is 8.41. The molecule has 0 saturated carbocycles. The monoisotopic (exact) mass is 323 g/mol. The van der Waals surface area contributed by atoms with Gasteiger partial charge in [-0.2, -0.15) is 0 Å². The molecular formula is C19H21N3O2. The van der Waals surface area contributed by atoms with Gasteiger partial charge in [-0.15, -0.1) is 0 Å². The van der Waals surface area contributed by atoms with Crippen molar-refractivity contribution < 1.29 is 9.53 Å². The topological polar surface area (TPSA) is 53.6 Å². The molecule has 0 radical (unpaired) electrons. The second-order valence-electron chi connectivity index (χ2n) is 6.22. The average Bonchev–Trinajstić information content (AvgIpc) is 2.63. The van der Waals surface area contributed by atoms with Crippen molar-refractivity contribution in [2.75, 3.05) is 36.4 Å². The molecule has 2 heterocycles. The van der Waals surface area contributed by atoms with Crippen LogP contribution in [0.4, 0.5) is 11.4 Å². The number of benzene rings is 2. The Balaban J connectivity index is 1.51. The highest BCUT2D eigenvalue weighted by Crippen LogP contribution is 2.31. The molecule has 0 aliphatic carbocycles.